The van der Waals surface area contributed by atoms with Crippen molar-refractivity contribution in [3.05, 3.63) is 71.3 Å². The van der Waals surface area contributed by atoms with Gasteiger partial charge in [0, 0.05) is 23.5 Å². The molecule has 158 valence electrons. The van der Waals surface area contributed by atoms with Gasteiger partial charge >= 0.3 is 5.97 Å². The molecule has 1 aliphatic carbocycles. The number of hydrogen-bond acceptors (Lipinski definition) is 4. The van der Waals surface area contributed by atoms with E-state index in [-0.39, 0.29) is 24.0 Å². The van der Waals surface area contributed by atoms with Crippen molar-refractivity contribution in [3.8, 4) is 0 Å². The van der Waals surface area contributed by atoms with E-state index in [0.29, 0.717) is 29.2 Å². The van der Waals surface area contributed by atoms with Gasteiger partial charge in [0.2, 0.25) is 5.91 Å². The molecule has 6 nitrogen and oxygen atoms in total. The quantitative estimate of drug-likeness (QED) is 0.582. The zero-order valence-electron chi connectivity index (χ0n) is 16.9. The first-order valence-electron chi connectivity index (χ1n) is 10.4. The fraction of sp³-hybridized carbons (Fsp3) is 0.375. The lowest BCUT2D eigenvalue weighted by molar-refractivity contribution is -0.142. The minimum atomic E-state index is -1.08. The molecule has 1 saturated carbocycles. The van der Waals surface area contributed by atoms with Crippen LogP contribution >= 0.6 is 0 Å². The molecule has 0 bridgehead atoms. The second-order valence-corrected chi connectivity index (χ2v) is 7.95. The fourth-order valence-electron chi connectivity index (χ4n) is 3.98. The maximum Gasteiger partial charge on any atom is 0.326 e. The average molecular weight is 408 g/mol. The van der Waals surface area contributed by atoms with Gasteiger partial charge in [-0.1, -0.05) is 48.5 Å². The van der Waals surface area contributed by atoms with Crippen molar-refractivity contribution in [2.24, 2.45) is 17.6 Å². The van der Waals surface area contributed by atoms with E-state index >= 15 is 0 Å². The van der Waals surface area contributed by atoms with Crippen LogP contribution in [0.1, 0.15) is 47.2 Å². The average Bonchev–Trinajstić information content (AvgIpc) is 2.78. The molecule has 1 aliphatic rings. The monoisotopic (exact) mass is 408 g/mol. The predicted octanol–water partition coefficient (Wildman–Crippen LogP) is 2.79. The first kappa shape index (κ1) is 21.7. The molecule has 0 radical (unpaired) electrons. The van der Waals surface area contributed by atoms with Crippen molar-refractivity contribution >= 4 is 17.7 Å². The van der Waals surface area contributed by atoms with Crippen LogP contribution in [0, 0.1) is 11.8 Å². The number of nitrogens with one attached hydrogen (secondary N) is 1. The number of carboxylic acid groups (broad SMARTS) is 1. The number of hydrogen-bond donors (Lipinski definition) is 3. The SMILES string of the molecule is NCC1CCC(C(=O)NC(Cc2cccc(C(=O)c3ccccc3)c2)C(=O)O)CC1. The third-order valence-corrected chi connectivity index (χ3v) is 5.83. The molecule has 0 aromatic heterocycles. The van der Waals surface area contributed by atoms with Crippen LogP contribution in [0.25, 0.3) is 0 Å². The van der Waals surface area contributed by atoms with Crippen molar-refractivity contribution in [3.63, 3.8) is 0 Å². The van der Waals surface area contributed by atoms with Crippen LogP contribution in [0.2, 0.25) is 0 Å². The topological polar surface area (TPSA) is 109 Å². The number of carbonyl (C=O) groups excluding carboxylic acids is 2. The van der Waals surface area contributed by atoms with Gasteiger partial charge in [-0.15, -0.1) is 0 Å². The van der Waals surface area contributed by atoms with Gasteiger partial charge in [-0.2, -0.15) is 0 Å². The number of rotatable bonds is 8. The Labute approximate surface area is 176 Å². The van der Waals surface area contributed by atoms with Crippen molar-refractivity contribution in [1.29, 1.82) is 0 Å². The van der Waals surface area contributed by atoms with Gasteiger partial charge in [-0.25, -0.2) is 4.79 Å². The Morgan fingerprint density at radius 1 is 0.967 bits per heavy atom. The highest BCUT2D eigenvalue weighted by atomic mass is 16.4. The first-order valence-corrected chi connectivity index (χ1v) is 10.4. The zero-order chi connectivity index (χ0) is 21.5. The Morgan fingerprint density at radius 3 is 2.27 bits per heavy atom. The Hall–Kier alpha value is -2.99. The molecular weight excluding hydrogens is 380 g/mol. The second kappa shape index (κ2) is 10.2. The number of carbonyl (C=O) groups is 3. The van der Waals surface area contributed by atoms with E-state index in [4.69, 9.17) is 5.73 Å². The standard InChI is InChI=1S/C24H28N2O4/c25-15-16-9-11-19(12-10-16)23(28)26-21(24(29)30)14-17-5-4-8-20(13-17)22(27)18-6-2-1-3-7-18/h1-8,13,16,19,21H,9-12,14-15,25H2,(H,26,28)(H,29,30). The fourth-order valence-corrected chi connectivity index (χ4v) is 3.98. The van der Waals surface area contributed by atoms with Crippen molar-refractivity contribution in [2.45, 2.75) is 38.1 Å². The van der Waals surface area contributed by atoms with Crippen LogP contribution < -0.4 is 11.1 Å². The van der Waals surface area contributed by atoms with E-state index in [9.17, 15) is 19.5 Å². The Balaban J connectivity index is 1.66. The maximum atomic E-state index is 12.7. The first-order chi connectivity index (χ1) is 14.5. The molecule has 4 N–H and O–H groups in total. The summed E-state index contributed by atoms with van der Waals surface area (Å²) in [6.45, 7) is 0.629. The Morgan fingerprint density at radius 2 is 1.63 bits per heavy atom. The molecule has 1 atom stereocenters. The van der Waals surface area contributed by atoms with Crippen LogP contribution in [-0.2, 0) is 16.0 Å². The van der Waals surface area contributed by atoms with E-state index in [1.165, 1.54) is 0 Å². The third-order valence-electron chi connectivity index (χ3n) is 5.83. The van der Waals surface area contributed by atoms with Gasteiger partial charge in [0.1, 0.15) is 6.04 Å². The molecule has 2 aromatic carbocycles. The number of nitrogens with two attached hydrogens (primary N) is 1. The normalized spacial score (nSPS) is 19.6. The lowest BCUT2D eigenvalue weighted by Gasteiger charge is -2.27. The van der Waals surface area contributed by atoms with Crippen molar-refractivity contribution in [1.82, 2.24) is 5.32 Å². The van der Waals surface area contributed by atoms with Crippen LogP contribution in [0.4, 0.5) is 0 Å². The number of carboxylic acids is 1. The van der Waals surface area contributed by atoms with Crippen LogP contribution in [0.3, 0.4) is 0 Å². The van der Waals surface area contributed by atoms with Crippen LogP contribution in [0.15, 0.2) is 54.6 Å². The molecule has 0 saturated heterocycles. The van der Waals surface area contributed by atoms with E-state index in [2.05, 4.69) is 5.32 Å². The van der Waals surface area contributed by atoms with Gasteiger partial charge in [-0.3, -0.25) is 9.59 Å². The number of ketones is 1. The summed E-state index contributed by atoms with van der Waals surface area (Å²) in [5.41, 5.74) is 7.46. The van der Waals surface area contributed by atoms with Crippen molar-refractivity contribution in [2.75, 3.05) is 6.54 Å². The summed E-state index contributed by atoms with van der Waals surface area (Å²) in [6, 6.07) is 14.8. The van der Waals surface area contributed by atoms with E-state index in [0.717, 1.165) is 25.7 Å². The highest BCUT2D eigenvalue weighted by Crippen LogP contribution is 2.28. The summed E-state index contributed by atoms with van der Waals surface area (Å²) >= 11 is 0. The summed E-state index contributed by atoms with van der Waals surface area (Å²) in [6.07, 6.45) is 3.39. The summed E-state index contributed by atoms with van der Waals surface area (Å²) in [4.78, 5) is 37.0. The zero-order valence-corrected chi connectivity index (χ0v) is 16.9. The van der Waals surface area contributed by atoms with Gasteiger partial charge in [0.25, 0.3) is 0 Å². The summed E-state index contributed by atoms with van der Waals surface area (Å²) in [7, 11) is 0. The third kappa shape index (κ3) is 5.54. The number of benzene rings is 2. The van der Waals surface area contributed by atoms with Gasteiger partial charge in [0.15, 0.2) is 5.78 Å². The molecule has 1 fully saturated rings. The van der Waals surface area contributed by atoms with Gasteiger partial charge in [0.05, 0.1) is 0 Å². The van der Waals surface area contributed by atoms with Gasteiger partial charge < -0.3 is 16.2 Å². The minimum Gasteiger partial charge on any atom is -0.480 e. The minimum absolute atomic E-state index is 0.120. The molecule has 30 heavy (non-hydrogen) atoms. The molecule has 0 spiro atoms. The number of amides is 1. The second-order valence-electron chi connectivity index (χ2n) is 7.95. The Bertz CT molecular complexity index is 889. The molecule has 1 unspecified atom stereocenters. The van der Waals surface area contributed by atoms with Crippen LogP contribution in [-0.4, -0.2) is 35.4 Å². The summed E-state index contributed by atoms with van der Waals surface area (Å²) < 4.78 is 0. The van der Waals surface area contributed by atoms with E-state index in [1.54, 1.807) is 48.5 Å². The molecule has 2 aromatic rings. The van der Waals surface area contributed by atoms with E-state index < -0.39 is 12.0 Å². The maximum absolute atomic E-state index is 12.7. The van der Waals surface area contributed by atoms with Gasteiger partial charge in [-0.05, 0) is 49.8 Å². The molecule has 1 amide bonds. The largest absolute Gasteiger partial charge is 0.480 e. The Kier molecular flexibility index (Phi) is 7.36. The predicted molar refractivity (Wildman–Crippen MR) is 114 cm³/mol. The van der Waals surface area contributed by atoms with Crippen LogP contribution in [0.5, 0.6) is 0 Å². The smallest absolute Gasteiger partial charge is 0.326 e. The lowest BCUT2D eigenvalue weighted by atomic mass is 9.81. The summed E-state index contributed by atoms with van der Waals surface area (Å²) in [5, 5.41) is 12.3. The molecule has 6 heteroatoms. The molecule has 3 rings (SSSR count). The lowest BCUT2D eigenvalue weighted by Crippen LogP contribution is -2.45. The molecule has 0 aliphatic heterocycles. The highest BCUT2D eigenvalue weighted by Gasteiger charge is 2.29. The highest BCUT2D eigenvalue weighted by molar-refractivity contribution is 6.09. The van der Waals surface area contributed by atoms with Crippen molar-refractivity contribution < 1.29 is 19.5 Å². The molecular formula is C24H28N2O4. The molecule has 0 heterocycles. The number of aliphatic carboxylic acids is 1. The van der Waals surface area contributed by atoms with E-state index in [1.807, 2.05) is 6.07 Å². The summed E-state index contributed by atoms with van der Waals surface area (Å²) in [5.74, 6) is -1.13.